The quantitative estimate of drug-likeness (QED) is 0.809. The Bertz CT molecular complexity index is 752. The smallest absolute Gasteiger partial charge is 0.225 e. The number of carbonyl (C=O) groups excluding carboxylic acids is 1. The Hall–Kier alpha value is -2.54. The van der Waals surface area contributed by atoms with E-state index in [9.17, 15) is 4.79 Å². The number of hydrogen-bond acceptors (Lipinski definition) is 5. The Morgan fingerprint density at radius 3 is 2.63 bits per heavy atom. The van der Waals surface area contributed by atoms with Gasteiger partial charge in [0.2, 0.25) is 5.91 Å². The van der Waals surface area contributed by atoms with Crippen LogP contribution in [0.25, 0.3) is 0 Å². The molecular weight excluding hydrogens is 344 g/mol. The summed E-state index contributed by atoms with van der Waals surface area (Å²) in [6.45, 7) is 2.72. The number of likely N-dealkylation sites (tertiary alicyclic amines) is 1. The number of aryl methyl sites for hydroxylation is 1. The highest BCUT2D eigenvalue weighted by Gasteiger charge is 2.24. The molecule has 1 aliphatic rings. The van der Waals surface area contributed by atoms with Gasteiger partial charge in [0.1, 0.15) is 17.3 Å². The number of rotatable bonds is 7. The molecule has 2 aromatic rings. The molecule has 0 unspecified atom stereocenters. The minimum atomic E-state index is -0.00980. The lowest BCUT2D eigenvalue weighted by atomic mass is 9.97. The van der Waals surface area contributed by atoms with E-state index < -0.39 is 0 Å². The molecule has 3 rings (SSSR count). The van der Waals surface area contributed by atoms with E-state index in [4.69, 9.17) is 9.47 Å². The maximum Gasteiger partial charge on any atom is 0.225 e. The molecule has 7 nitrogen and oxygen atoms in total. The monoisotopic (exact) mass is 372 g/mol. The van der Waals surface area contributed by atoms with Crippen molar-refractivity contribution in [2.75, 3.05) is 39.2 Å². The maximum absolute atomic E-state index is 12.4. The lowest BCUT2D eigenvalue weighted by Gasteiger charge is -2.32. The second-order valence-electron chi connectivity index (χ2n) is 6.94. The second-order valence-corrected chi connectivity index (χ2v) is 6.94. The number of anilines is 1. The SMILES string of the molecule is COc1cc(NC(=O)CCN2CCC[C@H](c3nccn3C)C2)cc(OC)c1. The van der Waals surface area contributed by atoms with Gasteiger partial charge in [-0.05, 0) is 19.4 Å². The fraction of sp³-hybridized carbons (Fsp3) is 0.500. The number of hydrogen-bond donors (Lipinski definition) is 1. The number of methoxy groups -OCH3 is 2. The van der Waals surface area contributed by atoms with Crippen molar-refractivity contribution < 1.29 is 14.3 Å². The van der Waals surface area contributed by atoms with E-state index in [-0.39, 0.29) is 5.91 Å². The van der Waals surface area contributed by atoms with Crippen LogP contribution < -0.4 is 14.8 Å². The standard InChI is InChI=1S/C20H28N4O3/c1-23-10-7-21-20(23)15-5-4-8-24(14-15)9-6-19(25)22-16-11-17(26-2)13-18(12-16)27-3/h7,10-13,15H,4-6,8-9,14H2,1-3H3,(H,22,25)/t15-/m0/s1. The largest absolute Gasteiger partial charge is 0.497 e. The number of nitrogens with zero attached hydrogens (tertiary/aromatic N) is 3. The predicted molar refractivity (Wildman–Crippen MR) is 104 cm³/mol. The van der Waals surface area contributed by atoms with Crippen molar-refractivity contribution >= 4 is 11.6 Å². The van der Waals surface area contributed by atoms with Gasteiger partial charge in [0.25, 0.3) is 0 Å². The zero-order chi connectivity index (χ0) is 19.2. The van der Waals surface area contributed by atoms with Crippen LogP contribution in [0.4, 0.5) is 5.69 Å². The molecule has 27 heavy (non-hydrogen) atoms. The first-order chi connectivity index (χ1) is 13.1. The van der Waals surface area contributed by atoms with E-state index in [1.165, 1.54) is 0 Å². The molecule has 7 heteroatoms. The highest BCUT2D eigenvalue weighted by Crippen LogP contribution is 2.27. The number of ether oxygens (including phenoxy) is 2. The molecule has 2 heterocycles. The Balaban J connectivity index is 1.52. The molecule has 1 aromatic heterocycles. The molecule has 0 radical (unpaired) electrons. The number of imidazole rings is 1. The van der Waals surface area contributed by atoms with E-state index in [1.54, 1.807) is 32.4 Å². The minimum Gasteiger partial charge on any atom is -0.497 e. The van der Waals surface area contributed by atoms with Crippen LogP contribution in [-0.2, 0) is 11.8 Å². The zero-order valence-corrected chi connectivity index (χ0v) is 16.3. The van der Waals surface area contributed by atoms with Gasteiger partial charge in [-0.2, -0.15) is 0 Å². The van der Waals surface area contributed by atoms with Gasteiger partial charge in [0.15, 0.2) is 0 Å². The molecule has 1 fully saturated rings. The first-order valence-electron chi connectivity index (χ1n) is 9.31. The number of carbonyl (C=O) groups is 1. The molecule has 1 saturated heterocycles. The second kappa shape index (κ2) is 8.90. The van der Waals surface area contributed by atoms with Crippen molar-refractivity contribution in [3.8, 4) is 11.5 Å². The zero-order valence-electron chi connectivity index (χ0n) is 16.3. The highest BCUT2D eigenvalue weighted by molar-refractivity contribution is 5.91. The fourth-order valence-corrected chi connectivity index (χ4v) is 3.60. The molecule has 146 valence electrons. The van der Waals surface area contributed by atoms with Gasteiger partial charge in [-0.25, -0.2) is 4.98 Å². The summed E-state index contributed by atoms with van der Waals surface area (Å²) >= 11 is 0. The third-order valence-corrected chi connectivity index (χ3v) is 5.02. The average molecular weight is 372 g/mol. The molecule has 1 amide bonds. The molecule has 1 aromatic carbocycles. The average Bonchev–Trinajstić information content (AvgIpc) is 3.12. The lowest BCUT2D eigenvalue weighted by Crippen LogP contribution is -2.37. The van der Waals surface area contributed by atoms with E-state index >= 15 is 0 Å². The van der Waals surface area contributed by atoms with E-state index in [0.29, 0.717) is 29.5 Å². The molecule has 0 spiro atoms. The number of nitrogens with one attached hydrogen (secondary N) is 1. The Labute approximate surface area is 160 Å². The first kappa shape index (κ1) is 19.2. The molecular formula is C20H28N4O3. The summed E-state index contributed by atoms with van der Waals surface area (Å²) in [5.41, 5.74) is 0.681. The molecule has 0 bridgehead atoms. The topological polar surface area (TPSA) is 68.6 Å². The molecule has 1 aliphatic heterocycles. The highest BCUT2D eigenvalue weighted by atomic mass is 16.5. The van der Waals surface area contributed by atoms with Gasteiger partial charge >= 0.3 is 0 Å². The van der Waals surface area contributed by atoms with Crippen LogP contribution >= 0.6 is 0 Å². The number of amides is 1. The minimum absolute atomic E-state index is 0.00980. The Morgan fingerprint density at radius 1 is 1.26 bits per heavy atom. The molecule has 0 aliphatic carbocycles. The normalized spacial score (nSPS) is 17.5. The third-order valence-electron chi connectivity index (χ3n) is 5.02. The van der Waals surface area contributed by atoms with Crippen molar-refractivity contribution in [1.29, 1.82) is 0 Å². The van der Waals surface area contributed by atoms with Crippen LogP contribution in [0.15, 0.2) is 30.6 Å². The summed E-state index contributed by atoms with van der Waals surface area (Å²) in [7, 11) is 5.22. The van der Waals surface area contributed by atoms with Gasteiger partial charge in [-0.15, -0.1) is 0 Å². The van der Waals surface area contributed by atoms with E-state index in [1.807, 2.05) is 19.4 Å². The molecule has 1 atom stereocenters. The summed E-state index contributed by atoms with van der Waals surface area (Å²) < 4.78 is 12.6. The fourth-order valence-electron chi connectivity index (χ4n) is 3.60. The van der Waals surface area contributed by atoms with Crippen LogP contribution in [0.1, 0.15) is 31.0 Å². The van der Waals surface area contributed by atoms with Gasteiger partial charge in [-0.3, -0.25) is 4.79 Å². The summed E-state index contributed by atoms with van der Waals surface area (Å²) in [6, 6.07) is 5.36. The number of aromatic nitrogens is 2. The van der Waals surface area contributed by atoms with Crippen LogP contribution in [0.5, 0.6) is 11.5 Å². The van der Waals surface area contributed by atoms with Crippen molar-refractivity contribution in [2.45, 2.75) is 25.2 Å². The van der Waals surface area contributed by atoms with Gasteiger partial charge < -0.3 is 24.3 Å². The van der Waals surface area contributed by atoms with Gasteiger partial charge in [-0.1, -0.05) is 0 Å². The lowest BCUT2D eigenvalue weighted by molar-refractivity contribution is -0.116. The van der Waals surface area contributed by atoms with Crippen molar-refractivity contribution in [3.63, 3.8) is 0 Å². The first-order valence-corrected chi connectivity index (χ1v) is 9.31. The van der Waals surface area contributed by atoms with Crippen molar-refractivity contribution in [3.05, 3.63) is 36.4 Å². The third kappa shape index (κ3) is 5.01. The van der Waals surface area contributed by atoms with Crippen molar-refractivity contribution in [1.82, 2.24) is 14.5 Å². The van der Waals surface area contributed by atoms with E-state index in [0.717, 1.165) is 38.3 Å². The van der Waals surface area contributed by atoms with Gasteiger partial charge in [0.05, 0.1) is 14.2 Å². The molecule has 0 saturated carbocycles. The Morgan fingerprint density at radius 2 is 2.00 bits per heavy atom. The van der Waals surface area contributed by atoms with Crippen LogP contribution in [0.3, 0.4) is 0 Å². The maximum atomic E-state index is 12.4. The van der Waals surface area contributed by atoms with Crippen molar-refractivity contribution in [2.24, 2.45) is 7.05 Å². The van der Waals surface area contributed by atoms with E-state index in [2.05, 4.69) is 19.8 Å². The predicted octanol–water partition coefficient (Wildman–Crippen LogP) is 2.65. The van der Waals surface area contributed by atoms with Gasteiger partial charge in [0, 0.05) is 68.8 Å². The molecule has 1 N–H and O–H groups in total. The summed E-state index contributed by atoms with van der Waals surface area (Å²) in [4.78, 5) is 19.2. The summed E-state index contributed by atoms with van der Waals surface area (Å²) in [6.07, 6.45) is 6.57. The van der Waals surface area contributed by atoms with Crippen LogP contribution in [-0.4, -0.2) is 54.2 Å². The summed E-state index contributed by atoms with van der Waals surface area (Å²) in [5, 5.41) is 2.94. The number of piperidine rings is 1. The Kier molecular flexibility index (Phi) is 6.34. The number of benzene rings is 1. The summed E-state index contributed by atoms with van der Waals surface area (Å²) in [5.74, 6) is 2.86. The van der Waals surface area contributed by atoms with Crippen LogP contribution in [0, 0.1) is 0 Å². The van der Waals surface area contributed by atoms with Crippen LogP contribution in [0.2, 0.25) is 0 Å².